The van der Waals surface area contributed by atoms with Gasteiger partial charge in [-0.2, -0.15) is 0 Å². The van der Waals surface area contributed by atoms with Gasteiger partial charge in [-0.1, -0.05) is 0 Å². The SMILES string of the molecule is COC(=O)C[C@H]1c2cc(OC)c(OC)cc2CCN1Cc1csc(-c2ncccn2)n1. The van der Waals surface area contributed by atoms with E-state index in [1.165, 1.54) is 18.4 Å². The lowest BCUT2D eigenvalue weighted by molar-refractivity contribution is -0.142. The van der Waals surface area contributed by atoms with Crippen LogP contribution in [0.4, 0.5) is 0 Å². The lowest BCUT2D eigenvalue weighted by Crippen LogP contribution is -2.36. The van der Waals surface area contributed by atoms with Crippen molar-refractivity contribution in [1.82, 2.24) is 19.9 Å². The molecule has 0 saturated carbocycles. The molecule has 0 saturated heterocycles. The number of carbonyl (C=O) groups is 1. The lowest BCUT2D eigenvalue weighted by Gasteiger charge is -2.37. The standard InChI is InChI=1S/C22H24N4O4S/c1-28-18-9-14-5-8-26(17(11-20(27)30-3)16(14)10-19(18)29-2)12-15-13-31-22(25-15)21-23-6-4-7-24-21/h4,6-7,9-10,13,17H,5,8,11-12H2,1-3H3/t17-/m0/s1. The van der Waals surface area contributed by atoms with Crippen molar-refractivity contribution in [3.63, 3.8) is 0 Å². The summed E-state index contributed by atoms with van der Waals surface area (Å²) in [5.74, 6) is 1.70. The number of esters is 1. The Hall–Kier alpha value is -3.04. The van der Waals surface area contributed by atoms with Crippen LogP contribution in [-0.2, 0) is 22.5 Å². The lowest BCUT2D eigenvalue weighted by atomic mass is 9.90. The summed E-state index contributed by atoms with van der Waals surface area (Å²) in [5.41, 5.74) is 3.13. The molecule has 0 radical (unpaired) electrons. The molecule has 1 aromatic carbocycles. The second-order valence-electron chi connectivity index (χ2n) is 7.14. The second-order valence-corrected chi connectivity index (χ2v) is 8.00. The Balaban J connectivity index is 1.63. The summed E-state index contributed by atoms with van der Waals surface area (Å²) in [4.78, 5) is 27.7. The van der Waals surface area contributed by atoms with E-state index in [-0.39, 0.29) is 18.4 Å². The number of hydrogen-bond acceptors (Lipinski definition) is 9. The fraction of sp³-hybridized carbons (Fsp3) is 0.364. The third-order valence-corrected chi connectivity index (χ3v) is 6.26. The molecule has 3 aromatic rings. The highest BCUT2D eigenvalue weighted by molar-refractivity contribution is 7.13. The molecule has 1 aliphatic heterocycles. The molecule has 0 aliphatic carbocycles. The van der Waals surface area contributed by atoms with E-state index in [1.807, 2.05) is 17.5 Å². The Morgan fingerprint density at radius 3 is 2.61 bits per heavy atom. The molecule has 1 atom stereocenters. The molecule has 0 N–H and O–H groups in total. The van der Waals surface area contributed by atoms with Gasteiger partial charge in [0.05, 0.1) is 33.4 Å². The summed E-state index contributed by atoms with van der Waals surface area (Å²) in [6, 6.07) is 5.61. The van der Waals surface area contributed by atoms with E-state index in [2.05, 4.69) is 14.9 Å². The summed E-state index contributed by atoms with van der Waals surface area (Å²) in [5, 5.41) is 2.80. The minimum absolute atomic E-state index is 0.144. The van der Waals surface area contributed by atoms with Crippen molar-refractivity contribution in [1.29, 1.82) is 0 Å². The molecule has 0 unspecified atom stereocenters. The molecule has 8 nitrogen and oxygen atoms in total. The van der Waals surface area contributed by atoms with E-state index in [0.29, 0.717) is 23.9 Å². The van der Waals surface area contributed by atoms with Crippen LogP contribution in [0.3, 0.4) is 0 Å². The highest BCUT2D eigenvalue weighted by atomic mass is 32.1. The second kappa shape index (κ2) is 9.40. The van der Waals surface area contributed by atoms with E-state index in [9.17, 15) is 4.79 Å². The number of nitrogens with zero attached hydrogens (tertiary/aromatic N) is 4. The fourth-order valence-corrected chi connectivity index (χ4v) is 4.61. The number of rotatable bonds is 7. The Bertz CT molecular complexity index is 1060. The highest BCUT2D eigenvalue weighted by Gasteiger charge is 2.31. The normalized spacial score (nSPS) is 15.9. The first-order valence-electron chi connectivity index (χ1n) is 9.90. The molecule has 0 amide bonds. The molecule has 4 rings (SSSR count). The third kappa shape index (κ3) is 4.52. The van der Waals surface area contributed by atoms with Gasteiger partial charge in [0.25, 0.3) is 0 Å². The predicted octanol–water partition coefficient (Wildman–Crippen LogP) is 3.28. The Morgan fingerprint density at radius 2 is 1.90 bits per heavy atom. The summed E-state index contributed by atoms with van der Waals surface area (Å²) >= 11 is 1.52. The van der Waals surface area contributed by atoms with Gasteiger partial charge in [-0.05, 0) is 35.7 Å². The van der Waals surface area contributed by atoms with Gasteiger partial charge in [-0.25, -0.2) is 15.0 Å². The summed E-state index contributed by atoms with van der Waals surface area (Å²) < 4.78 is 15.9. The zero-order chi connectivity index (χ0) is 21.8. The van der Waals surface area contributed by atoms with Gasteiger partial charge in [0.2, 0.25) is 0 Å². The highest BCUT2D eigenvalue weighted by Crippen LogP contribution is 2.40. The monoisotopic (exact) mass is 440 g/mol. The largest absolute Gasteiger partial charge is 0.493 e. The predicted molar refractivity (Wildman–Crippen MR) is 116 cm³/mol. The summed E-state index contributed by atoms with van der Waals surface area (Å²) in [6.07, 6.45) is 4.50. The van der Waals surface area contributed by atoms with E-state index in [4.69, 9.17) is 19.2 Å². The van der Waals surface area contributed by atoms with Gasteiger partial charge < -0.3 is 14.2 Å². The Labute approximate surface area is 184 Å². The van der Waals surface area contributed by atoms with Gasteiger partial charge >= 0.3 is 5.97 Å². The number of thiazole rings is 1. The van der Waals surface area contributed by atoms with Crippen LogP contribution < -0.4 is 9.47 Å². The maximum Gasteiger partial charge on any atom is 0.307 e. The average Bonchev–Trinajstić information content (AvgIpc) is 3.28. The van der Waals surface area contributed by atoms with Gasteiger partial charge in [0.1, 0.15) is 0 Å². The van der Waals surface area contributed by atoms with Gasteiger partial charge in [0, 0.05) is 36.9 Å². The molecule has 1 aliphatic rings. The maximum atomic E-state index is 12.2. The topological polar surface area (TPSA) is 86.7 Å². The van der Waals surface area contributed by atoms with Crippen molar-refractivity contribution in [2.75, 3.05) is 27.9 Å². The van der Waals surface area contributed by atoms with Crippen LogP contribution in [0.15, 0.2) is 36.0 Å². The summed E-state index contributed by atoms with van der Waals surface area (Å²) in [7, 11) is 4.65. The molecular weight excluding hydrogens is 416 g/mol. The Morgan fingerprint density at radius 1 is 1.16 bits per heavy atom. The fourth-order valence-electron chi connectivity index (χ4n) is 3.85. The number of fused-ring (bicyclic) bond motifs is 1. The minimum atomic E-state index is -0.255. The van der Waals surface area contributed by atoms with Crippen LogP contribution >= 0.6 is 11.3 Å². The first-order valence-corrected chi connectivity index (χ1v) is 10.8. The van der Waals surface area contributed by atoms with E-state index in [0.717, 1.165) is 34.8 Å². The quantitative estimate of drug-likeness (QED) is 0.518. The van der Waals surface area contributed by atoms with Crippen molar-refractivity contribution in [3.8, 4) is 22.3 Å². The molecular formula is C22H24N4O4S. The van der Waals surface area contributed by atoms with Crippen molar-refractivity contribution < 1.29 is 19.0 Å². The van der Waals surface area contributed by atoms with Crippen molar-refractivity contribution >= 4 is 17.3 Å². The van der Waals surface area contributed by atoms with Crippen LogP contribution in [0.1, 0.15) is 29.3 Å². The number of hydrogen-bond donors (Lipinski definition) is 0. The molecule has 3 heterocycles. The number of ether oxygens (including phenoxy) is 3. The number of benzene rings is 1. The number of methoxy groups -OCH3 is 3. The molecule has 0 fully saturated rings. The number of carbonyl (C=O) groups excluding carboxylic acids is 1. The first-order chi connectivity index (χ1) is 15.1. The summed E-state index contributed by atoms with van der Waals surface area (Å²) in [6.45, 7) is 1.40. The van der Waals surface area contributed by atoms with Crippen molar-refractivity contribution in [2.45, 2.75) is 25.4 Å². The van der Waals surface area contributed by atoms with E-state index >= 15 is 0 Å². The smallest absolute Gasteiger partial charge is 0.307 e. The average molecular weight is 441 g/mol. The first kappa shape index (κ1) is 21.2. The van der Waals surface area contributed by atoms with Crippen LogP contribution in [0.5, 0.6) is 11.5 Å². The molecule has 2 aromatic heterocycles. The molecule has 9 heteroatoms. The Kier molecular flexibility index (Phi) is 6.43. The molecule has 0 bridgehead atoms. The van der Waals surface area contributed by atoms with Crippen molar-refractivity contribution in [3.05, 3.63) is 52.8 Å². The van der Waals surface area contributed by atoms with E-state index < -0.39 is 0 Å². The van der Waals surface area contributed by atoms with Gasteiger partial charge in [-0.15, -0.1) is 11.3 Å². The molecule has 162 valence electrons. The van der Waals surface area contributed by atoms with E-state index in [1.54, 1.807) is 32.7 Å². The molecule has 0 spiro atoms. The third-order valence-electron chi connectivity index (χ3n) is 5.38. The zero-order valence-electron chi connectivity index (χ0n) is 17.7. The van der Waals surface area contributed by atoms with Crippen LogP contribution in [0.25, 0.3) is 10.8 Å². The van der Waals surface area contributed by atoms with Crippen LogP contribution in [0, 0.1) is 0 Å². The maximum absolute atomic E-state index is 12.2. The number of aromatic nitrogens is 3. The van der Waals surface area contributed by atoms with Crippen molar-refractivity contribution in [2.24, 2.45) is 0 Å². The zero-order valence-corrected chi connectivity index (χ0v) is 18.5. The van der Waals surface area contributed by atoms with Crippen LogP contribution in [-0.4, -0.2) is 53.7 Å². The van der Waals surface area contributed by atoms with Gasteiger partial charge in [-0.3, -0.25) is 9.69 Å². The minimum Gasteiger partial charge on any atom is -0.493 e. The van der Waals surface area contributed by atoms with Crippen LogP contribution in [0.2, 0.25) is 0 Å². The van der Waals surface area contributed by atoms with Gasteiger partial charge in [0.15, 0.2) is 22.3 Å². The molecule has 31 heavy (non-hydrogen) atoms.